The molecule has 114 valence electrons. The Balaban J connectivity index is 1.79. The van der Waals surface area contributed by atoms with Crippen LogP contribution in [-0.2, 0) is 7.05 Å². The Hall–Kier alpha value is -0.850. The molecule has 0 radical (unpaired) electrons. The van der Waals surface area contributed by atoms with Gasteiger partial charge in [-0.1, -0.05) is 18.7 Å². The number of aromatic nitrogens is 2. The second-order valence-corrected chi connectivity index (χ2v) is 7.93. The molecule has 6 heteroatoms. The van der Waals surface area contributed by atoms with E-state index >= 15 is 0 Å². The van der Waals surface area contributed by atoms with E-state index in [0.717, 1.165) is 30.5 Å². The molecule has 1 saturated carbocycles. The largest absolute Gasteiger partial charge is 0.389 e. The molecule has 0 amide bonds. The smallest absolute Gasteiger partial charge is 0.262 e. The number of thioether (sulfide) groups is 1. The summed E-state index contributed by atoms with van der Waals surface area (Å²) >= 11 is 2.98. The number of aliphatic hydroxyl groups is 1. The van der Waals surface area contributed by atoms with Gasteiger partial charge in [-0.05, 0) is 43.0 Å². The van der Waals surface area contributed by atoms with Crippen LogP contribution in [0.5, 0.6) is 0 Å². The van der Waals surface area contributed by atoms with Crippen LogP contribution in [-0.4, -0.2) is 26.0 Å². The molecule has 4 nitrogen and oxygen atoms in total. The Morgan fingerprint density at radius 2 is 2.24 bits per heavy atom. The molecule has 0 unspecified atom stereocenters. The van der Waals surface area contributed by atoms with Gasteiger partial charge in [0.1, 0.15) is 4.83 Å². The molecule has 1 fully saturated rings. The fourth-order valence-electron chi connectivity index (χ4n) is 2.75. The monoisotopic (exact) mass is 324 g/mol. The first-order valence-electron chi connectivity index (χ1n) is 7.28. The van der Waals surface area contributed by atoms with E-state index in [1.54, 1.807) is 11.6 Å². The predicted octanol–water partition coefficient (Wildman–Crippen LogP) is 3.03. The van der Waals surface area contributed by atoms with Crippen LogP contribution in [0.4, 0.5) is 0 Å². The summed E-state index contributed by atoms with van der Waals surface area (Å²) in [6, 6.07) is 1.82. The zero-order valence-corrected chi connectivity index (χ0v) is 14.0. The van der Waals surface area contributed by atoms with E-state index in [0.29, 0.717) is 22.2 Å². The van der Waals surface area contributed by atoms with Crippen LogP contribution in [0, 0.1) is 5.92 Å². The predicted molar refractivity (Wildman–Crippen MR) is 88.2 cm³/mol. The van der Waals surface area contributed by atoms with Gasteiger partial charge in [-0.25, -0.2) is 4.98 Å². The molecule has 0 bridgehead atoms. The summed E-state index contributed by atoms with van der Waals surface area (Å²) in [7, 11) is 1.75. The van der Waals surface area contributed by atoms with Crippen molar-refractivity contribution in [1.29, 1.82) is 0 Å². The van der Waals surface area contributed by atoms with Crippen molar-refractivity contribution < 1.29 is 5.11 Å². The number of thiophene rings is 1. The molecular formula is C15H20N2O2S2. The number of fused-ring (bicyclic) bond motifs is 1. The van der Waals surface area contributed by atoms with Crippen LogP contribution in [0.2, 0.25) is 0 Å². The van der Waals surface area contributed by atoms with Crippen molar-refractivity contribution in [3.05, 3.63) is 21.8 Å². The maximum atomic E-state index is 12.2. The Bertz CT molecular complexity index is 699. The van der Waals surface area contributed by atoms with Crippen LogP contribution in [0.3, 0.4) is 0 Å². The molecule has 1 N–H and O–H groups in total. The van der Waals surface area contributed by atoms with Crippen molar-refractivity contribution in [2.45, 2.75) is 43.4 Å². The lowest BCUT2D eigenvalue weighted by Gasteiger charge is -2.34. The van der Waals surface area contributed by atoms with Gasteiger partial charge in [-0.3, -0.25) is 9.36 Å². The Kier molecular flexibility index (Phi) is 4.12. The number of hydrogen-bond donors (Lipinski definition) is 1. The summed E-state index contributed by atoms with van der Waals surface area (Å²) in [4.78, 5) is 17.6. The normalized spacial score (nSPS) is 26.3. The molecule has 1 aliphatic rings. The first-order chi connectivity index (χ1) is 9.98. The zero-order valence-electron chi connectivity index (χ0n) is 12.3. The standard InChI is InChI=1S/C15H20N2O2S2/c1-10-3-6-15(19,7-4-10)9-21-14-16-12-11(5-8-20-12)13(18)17(14)2/h5,8,10,19H,3-4,6-7,9H2,1-2H3. The first-order valence-corrected chi connectivity index (χ1v) is 9.14. The average Bonchev–Trinajstić information content (AvgIpc) is 2.93. The van der Waals surface area contributed by atoms with Gasteiger partial charge in [0, 0.05) is 12.8 Å². The highest BCUT2D eigenvalue weighted by Gasteiger charge is 2.32. The van der Waals surface area contributed by atoms with Gasteiger partial charge < -0.3 is 5.11 Å². The van der Waals surface area contributed by atoms with Crippen molar-refractivity contribution in [2.75, 3.05) is 5.75 Å². The highest BCUT2D eigenvalue weighted by atomic mass is 32.2. The molecule has 0 atom stereocenters. The summed E-state index contributed by atoms with van der Waals surface area (Å²) in [5.41, 5.74) is -0.618. The van der Waals surface area contributed by atoms with E-state index in [4.69, 9.17) is 0 Å². The fraction of sp³-hybridized carbons (Fsp3) is 0.600. The van der Waals surface area contributed by atoms with Crippen LogP contribution in [0.15, 0.2) is 21.4 Å². The summed E-state index contributed by atoms with van der Waals surface area (Å²) in [6.07, 6.45) is 3.84. The summed E-state index contributed by atoms with van der Waals surface area (Å²) in [5.74, 6) is 1.32. The van der Waals surface area contributed by atoms with Crippen LogP contribution in [0.1, 0.15) is 32.6 Å². The highest BCUT2D eigenvalue weighted by Crippen LogP contribution is 2.35. The second-order valence-electron chi connectivity index (χ2n) is 6.09. The third-order valence-electron chi connectivity index (χ3n) is 4.34. The molecule has 2 aromatic rings. The zero-order chi connectivity index (χ0) is 15.0. The quantitative estimate of drug-likeness (QED) is 0.696. The van der Waals surface area contributed by atoms with Gasteiger partial charge in [-0.2, -0.15) is 0 Å². The molecule has 0 saturated heterocycles. The van der Waals surface area contributed by atoms with Gasteiger partial charge in [0.15, 0.2) is 5.16 Å². The van der Waals surface area contributed by atoms with Crippen molar-refractivity contribution in [3.63, 3.8) is 0 Å². The van der Waals surface area contributed by atoms with Crippen molar-refractivity contribution in [1.82, 2.24) is 9.55 Å². The molecule has 2 aromatic heterocycles. The first kappa shape index (κ1) is 15.1. The molecule has 2 heterocycles. The van der Waals surface area contributed by atoms with Gasteiger partial charge in [0.25, 0.3) is 5.56 Å². The number of hydrogen-bond acceptors (Lipinski definition) is 5. The number of rotatable bonds is 3. The van der Waals surface area contributed by atoms with Crippen molar-refractivity contribution >= 4 is 33.3 Å². The van der Waals surface area contributed by atoms with E-state index in [9.17, 15) is 9.90 Å². The molecule has 0 spiro atoms. The molecular weight excluding hydrogens is 304 g/mol. The Morgan fingerprint density at radius 1 is 1.52 bits per heavy atom. The Labute approximate surface area is 132 Å². The third kappa shape index (κ3) is 3.03. The lowest BCUT2D eigenvalue weighted by atomic mass is 9.81. The molecule has 0 aromatic carbocycles. The molecule has 1 aliphatic carbocycles. The third-order valence-corrected chi connectivity index (χ3v) is 6.45. The van der Waals surface area contributed by atoms with E-state index in [-0.39, 0.29) is 5.56 Å². The van der Waals surface area contributed by atoms with Crippen molar-refractivity contribution in [3.8, 4) is 0 Å². The summed E-state index contributed by atoms with van der Waals surface area (Å²) in [5, 5.41) is 13.9. The lowest BCUT2D eigenvalue weighted by Crippen LogP contribution is -2.36. The summed E-state index contributed by atoms with van der Waals surface area (Å²) in [6.45, 7) is 2.24. The minimum absolute atomic E-state index is 0.00648. The average molecular weight is 324 g/mol. The maximum Gasteiger partial charge on any atom is 0.262 e. The van der Waals surface area contributed by atoms with E-state index in [1.807, 2.05) is 11.4 Å². The maximum absolute atomic E-state index is 12.2. The van der Waals surface area contributed by atoms with E-state index < -0.39 is 5.60 Å². The SMILES string of the molecule is CC1CCC(O)(CSc2nc3sccc3c(=O)n2C)CC1. The highest BCUT2D eigenvalue weighted by molar-refractivity contribution is 7.99. The number of nitrogens with zero attached hydrogens (tertiary/aromatic N) is 2. The second kappa shape index (κ2) is 5.74. The van der Waals surface area contributed by atoms with E-state index in [2.05, 4.69) is 11.9 Å². The summed E-state index contributed by atoms with van der Waals surface area (Å²) < 4.78 is 1.59. The topological polar surface area (TPSA) is 55.1 Å². The fourth-order valence-corrected chi connectivity index (χ4v) is 4.68. The van der Waals surface area contributed by atoms with Crippen LogP contribution in [0.25, 0.3) is 10.2 Å². The molecule has 21 heavy (non-hydrogen) atoms. The van der Waals surface area contributed by atoms with Crippen molar-refractivity contribution in [2.24, 2.45) is 13.0 Å². The van der Waals surface area contributed by atoms with Crippen LogP contribution < -0.4 is 5.56 Å². The van der Waals surface area contributed by atoms with Gasteiger partial charge >= 0.3 is 0 Å². The Morgan fingerprint density at radius 3 is 2.95 bits per heavy atom. The minimum atomic E-state index is -0.612. The minimum Gasteiger partial charge on any atom is -0.389 e. The van der Waals surface area contributed by atoms with Gasteiger partial charge in [0.2, 0.25) is 0 Å². The molecule has 0 aliphatic heterocycles. The van der Waals surface area contributed by atoms with Gasteiger partial charge in [0.05, 0.1) is 11.0 Å². The lowest BCUT2D eigenvalue weighted by molar-refractivity contribution is 0.0149. The van der Waals surface area contributed by atoms with E-state index in [1.165, 1.54) is 23.1 Å². The van der Waals surface area contributed by atoms with Crippen LogP contribution >= 0.6 is 23.1 Å². The van der Waals surface area contributed by atoms with Gasteiger partial charge in [-0.15, -0.1) is 11.3 Å². The molecule has 3 rings (SSSR count).